The van der Waals surface area contributed by atoms with Gasteiger partial charge in [0, 0.05) is 25.3 Å². The van der Waals surface area contributed by atoms with Crippen molar-refractivity contribution in [3.63, 3.8) is 0 Å². The normalized spacial score (nSPS) is 15.6. The minimum atomic E-state index is 0.959. The summed E-state index contributed by atoms with van der Waals surface area (Å²) in [4.78, 5) is 2.41. The average Bonchev–Trinajstić information content (AvgIpc) is 2.06. The van der Waals surface area contributed by atoms with Gasteiger partial charge in [-0.3, -0.25) is 0 Å². The van der Waals surface area contributed by atoms with Gasteiger partial charge in [0.2, 0.25) is 0 Å². The minimum Gasteiger partial charge on any atom is -0.371 e. The Labute approximate surface area is 79.6 Å². The molecule has 0 aliphatic carbocycles. The van der Waals surface area contributed by atoms with Gasteiger partial charge in [0.15, 0.2) is 0 Å². The Balaban J connectivity index is 2.04. The summed E-state index contributed by atoms with van der Waals surface area (Å²) in [6, 6.07) is 8.83. The number of nitrogens with zero attached hydrogens (tertiary/aromatic N) is 1. The van der Waals surface area contributed by atoms with Crippen LogP contribution in [0.1, 0.15) is 12.0 Å². The van der Waals surface area contributed by atoms with E-state index >= 15 is 0 Å². The maximum absolute atomic E-state index is 3.15. The summed E-state index contributed by atoms with van der Waals surface area (Å²) in [6.45, 7) is 3.41. The monoisotopic (exact) mass is 176 g/mol. The first-order valence-electron chi connectivity index (χ1n) is 4.88. The maximum atomic E-state index is 3.15. The van der Waals surface area contributed by atoms with Gasteiger partial charge in [0.05, 0.1) is 0 Å². The predicted octanol–water partition coefficient (Wildman–Crippen LogP) is 1.62. The highest BCUT2D eigenvalue weighted by Crippen LogP contribution is 2.20. The van der Waals surface area contributed by atoms with Gasteiger partial charge in [0.1, 0.15) is 0 Å². The fraction of sp³-hybridized carbons (Fsp3) is 0.455. The lowest BCUT2D eigenvalue weighted by Crippen LogP contribution is -2.36. The van der Waals surface area contributed by atoms with Crippen molar-refractivity contribution >= 4 is 5.69 Å². The Morgan fingerprint density at radius 3 is 2.38 bits per heavy atom. The first-order valence-corrected chi connectivity index (χ1v) is 4.88. The summed E-state index contributed by atoms with van der Waals surface area (Å²) < 4.78 is 0. The van der Waals surface area contributed by atoms with Crippen LogP contribution in [0.5, 0.6) is 0 Å². The van der Waals surface area contributed by atoms with Gasteiger partial charge in [-0.15, -0.1) is 0 Å². The molecule has 0 atom stereocenters. The summed E-state index contributed by atoms with van der Waals surface area (Å²) in [5.41, 5.74) is 2.72. The molecular weight excluding hydrogens is 160 g/mol. The lowest BCUT2D eigenvalue weighted by molar-refractivity contribution is 0.617. The van der Waals surface area contributed by atoms with Crippen LogP contribution >= 0.6 is 0 Å². The quantitative estimate of drug-likeness (QED) is 0.752. The molecule has 0 amide bonds. The van der Waals surface area contributed by atoms with E-state index in [0.29, 0.717) is 0 Å². The summed E-state index contributed by atoms with van der Waals surface area (Å²) >= 11 is 0. The van der Waals surface area contributed by atoms with E-state index in [9.17, 15) is 0 Å². The molecule has 1 N–H and O–H groups in total. The van der Waals surface area contributed by atoms with Crippen LogP contribution < -0.4 is 10.2 Å². The first kappa shape index (κ1) is 8.57. The maximum Gasteiger partial charge on any atom is 0.0366 e. The van der Waals surface area contributed by atoms with Gasteiger partial charge < -0.3 is 10.2 Å². The third-order valence-corrected chi connectivity index (χ3v) is 2.54. The predicted molar refractivity (Wildman–Crippen MR) is 56.0 cm³/mol. The third kappa shape index (κ3) is 1.83. The molecule has 0 spiro atoms. The van der Waals surface area contributed by atoms with Gasteiger partial charge in [-0.25, -0.2) is 0 Å². The zero-order valence-corrected chi connectivity index (χ0v) is 8.09. The molecule has 2 nitrogen and oxygen atoms in total. The van der Waals surface area contributed by atoms with Crippen LogP contribution in [0.4, 0.5) is 5.69 Å². The SMILES string of the molecule is CNCc1ccc(N2CCC2)cc1. The highest BCUT2D eigenvalue weighted by molar-refractivity contribution is 5.49. The Morgan fingerprint density at radius 1 is 1.23 bits per heavy atom. The van der Waals surface area contributed by atoms with Crippen molar-refractivity contribution in [1.82, 2.24) is 5.32 Å². The number of benzene rings is 1. The molecule has 2 heteroatoms. The smallest absolute Gasteiger partial charge is 0.0366 e. The molecule has 1 fully saturated rings. The Morgan fingerprint density at radius 2 is 1.92 bits per heavy atom. The van der Waals surface area contributed by atoms with Crippen molar-refractivity contribution in [3.8, 4) is 0 Å². The molecule has 1 aromatic rings. The molecule has 2 rings (SSSR count). The van der Waals surface area contributed by atoms with E-state index in [4.69, 9.17) is 0 Å². The van der Waals surface area contributed by atoms with Crippen LogP contribution in [0.25, 0.3) is 0 Å². The van der Waals surface area contributed by atoms with Crippen LogP contribution in [-0.2, 0) is 6.54 Å². The molecule has 0 bridgehead atoms. The topological polar surface area (TPSA) is 15.3 Å². The molecule has 0 aromatic heterocycles. The second-order valence-electron chi connectivity index (χ2n) is 3.54. The standard InChI is InChI=1S/C11H16N2/c1-12-9-10-3-5-11(6-4-10)13-7-2-8-13/h3-6,12H,2,7-9H2,1H3. The van der Waals surface area contributed by atoms with E-state index < -0.39 is 0 Å². The molecule has 1 aromatic carbocycles. The number of hydrogen-bond acceptors (Lipinski definition) is 2. The van der Waals surface area contributed by atoms with E-state index in [1.807, 2.05) is 7.05 Å². The van der Waals surface area contributed by atoms with Crippen molar-refractivity contribution in [2.45, 2.75) is 13.0 Å². The number of hydrogen-bond donors (Lipinski definition) is 1. The highest BCUT2D eigenvalue weighted by atomic mass is 15.2. The van der Waals surface area contributed by atoms with Crippen molar-refractivity contribution < 1.29 is 0 Å². The van der Waals surface area contributed by atoms with Crippen LogP contribution in [0, 0.1) is 0 Å². The Kier molecular flexibility index (Phi) is 2.50. The third-order valence-electron chi connectivity index (χ3n) is 2.54. The molecular formula is C11H16N2. The number of anilines is 1. The fourth-order valence-corrected chi connectivity index (χ4v) is 1.60. The molecule has 13 heavy (non-hydrogen) atoms. The molecule has 70 valence electrons. The summed E-state index contributed by atoms with van der Waals surface area (Å²) in [5.74, 6) is 0. The summed E-state index contributed by atoms with van der Waals surface area (Å²) in [6.07, 6.45) is 1.35. The second kappa shape index (κ2) is 3.79. The van der Waals surface area contributed by atoms with Crippen molar-refractivity contribution in [2.75, 3.05) is 25.0 Å². The Bertz CT molecular complexity index is 262. The lowest BCUT2D eigenvalue weighted by Gasteiger charge is -2.33. The van der Waals surface area contributed by atoms with Crippen LogP contribution in [0.15, 0.2) is 24.3 Å². The van der Waals surface area contributed by atoms with Gasteiger partial charge >= 0.3 is 0 Å². The molecule has 1 aliphatic heterocycles. The van der Waals surface area contributed by atoms with Crippen LogP contribution in [0.3, 0.4) is 0 Å². The van der Waals surface area contributed by atoms with Gasteiger partial charge in [-0.05, 0) is 31.2 Å². The van der Waals surface area contributed by atoms with Gasteiger partial charge in [-0.1, -0.05) is 12.1 Å². The molecule has 0 unspecified atom stereocenters. The van der Waals surface area contributed by atoms with Gasteiger partial charge in [0.25, 0.3) is 0 Å². The number of nitrogens with one attached hydrogen (secondary N) is 1. The summed E-state index contributed by atoms with van der Waals surface area (Å²) in [5, 5.41) is 3.15. The largest absolute Gasteiger partial charge is 0.371 e. The molecule has 1 aliphatic rings. The zero-order chi connectivity index (χ0) is 9.10. The van der Waals surface area contributed by atoms with E-state index in [1.54, 1.807) is 0 Å². The molecule has 0 radical (unpaired) electrons. The van der Waals surface area contributed by atoms with E-state index in [0.717, 1.165) is 6.54 Å². The highest BCUT2D eigenvalue weighted by Gasteiger charge is 2.13. The summed E-state index contributed by atoms with van der Waals surface area (Å²) in [7, 11) is 1.98. The van der Waals surface area contributed by atoms with Crippen LogP contribution in [0.2, 0.25) is 0 Å². The van der Waals surface area contributed by atoms with Gasteiger partial charge in [-0.2, -0.15) is 0 Å². The van der Waals surface area contributed by atoms with E-state index in [2.05, 4.69) is 34.5 Å². The van der Waals surface area contributed by atoms with Crippen molar-refractivity contribution in [1.29, 1.82) is 0 Å². The minimum absolute atomic E-state index is 0.959. The van der Waals surface area contributed by atoms with Crippen molar-refractivity contribution in [2.24, 2.45) is 0 Å². The van der Waals surface area contributed by atoms with Crippen molar-refractivity contribution in [3.05, 3.63) is 29.8 Å². The second-order valence-corrected chi connectivity index (χ2v) is 3.54. The molecule has 0 saturated carbocycles. The number of rotatable bonds is 3. The Hall–Kier alpha value is -1.02. The average molecular weight is 176 g/mol. The molecule has 1 heterocycles. The van der Waals surface area contributed by atoms with E-state index in [1.165, 1.54) is 30.8 Å². The molecule has 1 saturated heterocycles. The zero-order valence-electron chi connectivity index (χ0n) is 8.09. The van der Waals surface area contributed by atoms with Crippen LogP contribution in [-0.4, -0.2) is 20.1 Å². The fourth-order valence-electron chi connectivity index (χ4n) is 1.60. The first-order chi connectivity index (χ1) is 6.40. The van der Waals surface area contributed by atoms with E-state index in [-0.39, 0.29) is 0 Å². The lowest BCUT2D eigenvalue weighted by atomic mass is 10.1.